The minimum atomic E-state index is -0.445. The van der Waals surface area contributed by atoms with E-state index in [1.165, 1.54) is 11.8 Å². The first kappa shape index (κ1) is 23.0. The van der Waals surface area contributed by atoms with E-state index in [-0.39, 0.29) is 12.5 Å². The number of aromatic nitrogens is 4. The molecule has 0 atom stereocenters. The highest BCUT2D eigenvalue weighted by Crippen LogP contribution is 2.38. The predicted molar refractivity (Wildman–Crippen MR) is 127 cm³/mol. The van der Waals surface area contributed by atoms with Crippen LogP contribution >= 0.6 is 11.8 Å². The van der Waals surface area contributed by atoms with Crippen molar-refractivity contribution in [2.75, 3.05) is 18.5 Å². The molecule has 0 fully saturated rings. The number of H-pyrrole nitrogens is 1. The fraction of sp³-hybridized carbons (Fsp3) is 0.125. The Morgan fingerprint density at radius 1 is 0.971 bits per heavy atom. The summed E-state index contributed by atoms with van der Waals surface area (Å²) >= 11 is 1.49. The molecule has 0 saturated carbocycles. The van der Waals surface area contributed by atoms with Gasteiger partial charge < -0.3 is 14.8 Å². The molecule has 9 nitrogen and oxygen atoms in total. The molecule has 0 bridgehead atoms. The maximum atomic E-state index is 12.9. The number of rotatable bonds is 9. The molecule has 1 amide bonds. The van der Waals surface area contributed by atoms with Gasteiger partial charge in [-0.25, -0.2) is 4.79 Å². The highest BCUT2D eigenvalue weighted by atomic mass is 32.2. The summed E-state index contributed by atoms with van der Waals surface area (Å²) in [6.07, 6.45) is 0. The Labute approximate surface area is 199 Å². The molecule has 1 aromatic heterocycles. The third-order valence-corrected chi connectivity index (χ3v) is 5.76. The van der Waals surface area contributed by atoms with Gasteiger partial charge in [0, 0.05) is 20.9 Å². The third-order valence-electron chi connectivity index (χ3n) is 4.61. The lowest BCUT2D eigenvalue weighted by Crippen LogP contribution is -2.15. The molecular formula is C24H21N5O4S. The molecule has 4 rings (SSSR count). The Kier molecular flexibility index (Phi) is 7.51. The molecule has 10 heteroatoms. The number of esters is 1. The van der Waals surface area contributed by atoms with E-state index in [2.05, 4.69) is 25.9 Å². The maximum Gasteiger partial charge on any atom is 0.344 e. The Bertz CT molecular complexity index is 1260. The molecule has 3 aromatic carbocycles. The van der Waals surface area contributed by atoms with Crippen LogP contribution in [0.5, 0.6) is 5.75 Å². The summed E-state index contributed by atoms with van der Waals surface area (Å²) in [4.78, 5) is 26.1. The quantitative estimate of drug-likeness (QED) is 0.346. The predicted octanol–water partition coefficient (Wildman–Crippen LogP) is 4.21. The molecule has 1 heterocycles. The van der Waals surface area contributed by atoms with Gasteiger partial charge in [0.15, 0.2) is 6.61 Å². The molecule has 0 aliphatic heterocycles. The fourth-order valence-electron chi connectivity index (χ4n) is 3.04. The smallest absolute Gasteiger partial charge is 0.344 e. The van der Waals surface area contributed by atoms with Gasteiger partial charge in [-0.3, -0.25) is 4.79 Å². The van der Waals surface area contributed by atoms with E-state index in [4.69, 9.17) is 9.47 Å². The SMILES string of the molecule is CCOC(=O)COc1ccc(C(=O)Nc2ccccc2Sc2ccccc2-c2nn[nH]n2)cc1. The molecule has 4 aromatic rings. The zero-order valence-electron chi connectivity index (χ0n) is 18.2. The highest BCUT2D eigenvalue weighted by molar-refractivity contribution is 7.99. The monoisotopic (exact) mass is 475 g/mol. The number of benzene rings is 3. The number of hydrogen-bond donors (Lipinski definition) is 2. The average Bonchev–Trinajstić information content (AvgIpc) is 3.40. The summed E-state index contributed by atoms with van der Waals surface area (Å²) in [5.41, 5.74) is 1.96. The Morgan fingerprint density at radius 3 is 2.44 bits per heavy atom. The van der Waals surface area contributed by atoms with Gasteiger partial charge in [-0.05, 0) is 60.7 Å². The summed E-state index contributed by atoms with van der Waals surface area (Å²) in [5.74, 6) is 0.254. The third kappa shape index (κ3) is 5.78. The van der Waals surface area contributed by atoms with Gasteiger partial charge in [0.2, 0.25) is 5.82 Å². The van der Waals surface area contributed by atoms with Gasteiger partial charge in [0.1, 0.15) is 5.75 Å². The summed E-state index contributed by atoms with van der Waals surface area (Å²) in [6, 6.07) is 21.8. The van der Waals surface area contributed by atoms with Gasteiger partial charge in [0.25, 0.3) is 5.91 Å². The number of ether oxygens (including phenoxy) is 2. The minimum Gasteiger partial charge on any atom is -0.482 e. The van der Waals surface area contributed by atoms with E-state index in [0.29, 0.717) is 29.4 Å². The van der Waals surface area contributed by atoms with Crippen LogP contribution in [-0.4, -0.2) is 45.7 Å². The average molecular weight is 476 g/mol. The number of amides is 1. The molecule has 0 saturated heterocycles. The van der Waals surface area contributed by atoms with Crippen LogP contribution in [-0.2, 0) is 9.53 Å². The van der Waals surface area contributed by atoms with Crippen molar-refractivity contribution in [3.63, 3.8) is 0 Å². The van der Waals surface area contributed by atoms with Gasteiger partial charge >= 0.3 is 5.97 Å². The van der Waals surface area contributed by atoms with Crippen molar-refractivity contribution >= 4 is 29.3 Å². The fourth-order valence-corrected chi connectivity index (χ4v) is 4.06. The normalized spacial score (nSPS) is 10.5. The van der Waals surface area contributed by atoms with Crippen LogP contribution in [0.3, 0.4) is 0 Å². The summed E-state index contributed by atoms with van der Waals surface area (Å²) in [6.45, 7) is 1.84. The van der Waals surface area contributed by atoms with E-state index in [9.17, 15) is 9.59 Å². The van der Waals surface area contributed by atoms with E-state index in [1.807, 2.05) is 48.5 Å². The zero-order chi connectivity index (χ0) is 23.8. The number of carbonyl (C=O) groups excluding carboxylic acids is 2. The van der Waals surface area contributed by atoms with Crippen molar-refractivity contribution in [3.05, 3.63) is 78.4 Å². The van der Waals surface area contributed by atoms with Crippen LogP contribution in [0.4, 0.5) is 5.69 Å². The summed E-state index contributed by atoms with van der Waals surface area (Å²) in [5, 5.41) is 17.2. The lowest BCUT2D eigenvalue weighted by Gasteiger charge is -2.12. The van der Waals surface area contributed by atoms with Crippen LogP contribution in [0.25, 0.3) is 11.4 Å². The minimum absolute atomic E-state index is 0.185. The van der Waals surface area contributed by atoms with Crippen molar-refractivity contribution < 1.29 is 19.1 Å². The van der Waals surface area contributed by atoms with Crippen molar-refractivity contribution in [1.29, 1.82) is 0 Å². The number of anilines is 1. The molecule has 0 aliphatic rings. The van der Waals surface area contributed by atoms with Crippen LogP contribution in [0, 0.1) is 0 Å². The van der Waals surface area contributed by atoms with Gasteiger partial charge in [-0.15, -0.1) is 10.2 Å². The lowest BCUT2D eigenvalue weighted by atomic mass is 10.2. The Hall–Kier alpha value is -4.18. The molecule has 0 unspecified atom stereocenters. The summed E-state index contributed by atoms with van der Waals surface area (Å²) < 4.78 is 10.2. The van der Waals surface area contributed by atoms with Crippen molar-refractivity contribution in [3.8, 4) is 17.1 Å². The van der Waals surface area contributed by atoms with Gasteiger partial charge in [-0.2, -0.15) is 5.21 Å². The van der Waals surface area contributed by atoms with E-state index in [0.717, 1.165) is 15.4 Å². The van der Waals surface area contributed by atoms with E-state index in [1.54, 1.807) is 31.2 Å². The van der Waals surface area contributed by atoms with E-state index < -0.39 is 5.97 Å². The van der Waals surface area contributed by atoms with Crippen LogP contribution in [0.1, 0.15) is 17.3 Å². The van der Waals surface area contributed by atoms with Crippen LogP contribution in [0.2, 0.25) is 0 Å². The van der Waals surface area contributed by atoms with Gasteiger partial charge in [-0.1, -0.05) is 36.0 Å². The van der Waals surface area contributed by atoms with Gasteiger partial charge in [0.05, 0.1) is 12.3 Å². The molecule has 0 aliphatic carbocycles. The second kappa shape index (κ2) is 11.1. The Morgan fingerprint density at radius 2 is 1.71 bits per heavy atom. The lowest BCUT2D eigenvalue weighted by molar-refractivity contribution is -0.145. The number of para-hydroxylation sites is 1. The first-order valence-electron chi connectivity index (χ1n) is 10.4. The van der Waals surface area contributed by atoms with E-state index >= 15 is 0 Å². The molecular weight excluding hydrogens is 454 g/mol. The zero-order valence-corrected chi connectivity index (χ0v) is 19.0. The Balaban J connectivity index is 1.46. The number of hydrogen-bond acceptors (Lipinski definition) is 8. The van der Waals surface area contributed by atoms with Crippen LogP contribution in [0.15, 0.2) is 82.6 Å². The van der Waals surface area contributed by atoms with Crippen molar-refractivity contribution in [2.45, 2.75) is 16.7 Å². The second-order valence-electron chi connectivity index (χ2n) is 6.90. The largest absolute Gasteiger partial charge is 0.482 e. The number of nitrogens with one attached hydrogen (secondary N) is 2. The van der Waals surface area contributed by atoms with Crippen molar-refractivity contribution in [1.82, 2.24) is 20.6 Å². The molecule has 0 spiro atoms. The molecule has 34 heavy (non-hydrogen) atoms. The first-order valence-corrected chi connectivity index (χ1v) is 11.2. The second-order valence-corrected chi connectivity index (χ2v) is 7.99. The summed E-state index contributed by atoms with van der Waals surface area (Å²) in [7, 11) is 0. The molecule has 0 radical (unpaired) electrons. The highest BCUT2D eigenvalue weighted by Gasteiger charge is 2.14. The molecule has 172 valence electrons. The molecule has 2 N–H and O–H groups in total. The standard InChI is InChI=1S/C24H21N5O4S/c1-2-32-22(30)15-33-17-13-11-16(12-14-17)24(31)25-19-8-4-6-10-21(19)34-20-9-5-3-7-18(20)23-26-28-29-27-23/h3-14H,2,15H2,1H3,(H,25,31)(H,26,27,28,29). The number of nitrogens with zero attached hydrogens (tertiary/aromatic N) is 3. The number of tetrazole rings is 1. The number of aromatic amines is 1. The van der Waals surface area contributed by atoms with Crippen LogP contribution < -0.4 is 10.1 Å². The van der Waals surface area contributed by atoms with Crippen molar-refractivity contribution in [2.24, 2.45) is 0 Å². The maximum absolute atomic E-state index is 12.9. The first-order chi connectivity index (χ1) is 16.6. The topological polar surface area (TPSA) is 119 Å². The number of carbonyl (C=O) groups is 2.